The number of benzene rings is 2. The summed E-state index contributed by atoms with van der Waals surface area (Å²) in [6.07, 6.45) is 0.881. The van der Waals surface area contributed by atoms with E-state index in [2.05, 4.69) is 34.6 Å². The van der Waals surface area contributed by atoms with Gasteiger partial charge >= 0.3 is 0 Å². The maximum absolute atomic E-state index is 10.7. The molecule has 0 saturated carbocycles. The van der Waals surface area contributed by atoms with Gasteiger partial charge in [-0.15, -0.1) is 0 Å². The smallest absolute Gasteiger partial charge is 0.125 e. The van der Waals surface area contributed by atoms with E-state index in [1.54, 1.807) is 0 Å². The molecule has 0 saturated heterocycles. The van der Waals surface area contributed by atoms with E-state index in [1.165, 1.54) is 16.7 Å². The van der Waals surface area contributed by atoms with Crippen LogP contribution in [0, 0.1) is 6.92 Å². The maximum atomic E-state index is 10.7. The van der Waals surface area contributed by atoms with Crippen LogP contribution in [0.1, 0.15) is 62.3 Å². The lowest BCUT2D eigenvalue weighted by atomic mass is 9.80. The number of nitrogens with zero attached hydrogens (tertiary/aromatic N) is 1. The summed E-state index contributed by atoms with van der Waals surface area (Å²) in [5.41, 5.74) is 6.71. The van der Waals surface area contributed by atoms with E-state index in [9.17, 15) is 5.11 Å². The highest BCUT2D eigenvalue weighted by Gasteiger charge is 2.32. The largest absolute Gasteiger partial charge is 0.507 e. The lowest BCUT2D eigenvalue weighted by Crippen LogP contribution is -2.15. The van der Waals surface area contributed by atoms with Gasteiger partial charge in [0.2, 0.25) is 0 Å². The number of para-hydroxylation sites is 1. The first kappa shape index (κ1) is 15.8. The molecule has 2 heteroatoms. The molecule has 2 aromatic rings. The average molecular weight is 307 g/mol. The minimum atomic E-state index is 0.0235. The number of aliphatic imine (C=N–C) groups is 1. The molecule has 1 aliphatic rings. The number of hydrogen-bond acceptors (Lipinski definition) is 2. The van der Waals surface area contributed by atoms with E-state index < -0.39 is 0 Å². The minimum Gasteiger partial charge on any atom is -0.507 e. The standard InChI is InChI=1S/C21H25NO/c1-13-11-17(22-15-9-7-6-8-10-15)20-18(23)12-16(21(3,4)5)14(2)19(13)20/h6-10,12-13,23H,11H2,1-5H3. The minimum absolute atomic E-state index is 0.0235. The Morgan fingerprint density at radius 1 is 1.13 bits per heavy atom. The summed E-state index contributed by atoms with van der Waals surface area (Å²) in [6, 6.07) is 11.9. The molecule has 1 unspecified atom stereocenters. The summed E-state index contributed by atoms with van der Waals surface area (Å²) >= 11 is 0. The summed E-state index contributed by atoms with van der Waals surface area (Å²) < 4.78 is 0. The Morgan fingerprint density at radius 2 is 1.78 bits per heavy atom. The van der Waals surface area contributed by atoms with Gasteiger partial charge in [-0.2, -0.15) is 0 Å². The third-order valence-electron chi connectivity index (χ3n) is 4.72. The topological polar surface area (TPSA) is 32.6 Å². The maximum Gasteiger partial charge on any atom is 0.125 e. The van der Waals surface area contributed by atoms with Gasteiger partial charge in [0.05, 0.1) is 11.4 Å². The van der Waals surface area contributed by atoms with Gasteiger partial charge in [-0.3, -0.25) is 4.99 Å². The van der Waals surface area contributed by atoms with E-state index in [-0.39, 0.29) is 5.41 Å². The molecule has 2 nitrogen and oxygen atoms in total. The van der Waals surface area contributed by atoms with Crippen LogP contribution in [0.2, 0.25) is 0 Å². The van der Waals surface area contributed by atoms with Crippen molar-refractivity contribution in [1.29, 1.82) is 0 Å². The van der Waals surface area contributed by atoms with Gasteiger partial charge < -0.3 is 5.11 Å². The Labute approximate surface area is 138 Å². The summed E-state index contributed by atoms with van der Waals surface area (Å²) in [5, 5.41) is 10.7. The van der Waals surface area contributed by atoms with Gasteiger partial charge in [0.25, 0.3) is 0 Å². The molecule has 120 valence electrons. The normalized spacial score (nSPS) is 19.2. The molecule has 1 atom stereocenters. The van der Waals surface area contributed by atoms with Gasteiger partial charge in [-0.25, -0.2) is 0 Å². The Hall–Kier alpha value is -2.09. The molecule has 0 fully saturated rings. The van der Waals surface area contributed by atoms with Crippen LogP contribution in [0.4, 0.5) is 5.69 Å². The highest BCUT2D eigenvalue weighted by molar-refractivity contribution is 6.09. The first-order chi connectivity index (χ1) is 10.8. The number of aromatic hydroxyl groups is 1. The number of hydrogen-bond donors (Lipinski definition) is 1. The van der Waals surface area contributed by atoms with Crippen molar-refractivity contribution in [2.75, 3.05) is 0 Å². The quantitative estimate of drug-likeness (QED) is 0.728. The van der Waals surface area contributed by atoms with E-state index in [0.717, 1.165) is 23.4 Å². The molecule has 2 aromatic carbocycles. The molecule has 23 heavy (non-hydrogen) atoms. The van der Waals surface area contributed by atoms with Crippen LogP contribution < -0.4 is 0 Å². The van der Waals surface area contributed by atoms with Gasteiger partial charge in [0.15, 0.2) is 0 Å². The molecule has 0 amide bonds. The van der Waals surface area contributed by atoms with Gasteiger partial charge in [0.1, 0.15) is 5.75 Å². The van der Waals surface area contributed by atoms with Crippen LogP contribution in [-0.4, -0.2) is 10.8 Å². The number of fused-ring (bicyclic) bond motifs is 1. The zero-order chi connectivity index (χ0) is 16.8. The highest BCUT2D eigenvalue weighted by atomic mass is 16.3. The van der Waals surface area contributed by atoms with Crippen LogP contribution in [0.5, 0.6) is 5.75 Å². The molecule has 0 aromatic heterocycles. The second-order valence-corrected chi connectivity index (χ2v) is 7.61. The molecule has 0 radical (unpaired) electrons. The van der Waals surface area contributed by atoms with Crippen molar-refractivity contribution in [2.24, 2.45) is 4.99 Å². The van der Waals surface area contributed by atoms with Crippen LogP contribution in [0.15, 0.2) is 41.4 Å². The van der Waals surface area contributed by atoms with E-state index >= 15 is 0 Å². The van der Waals surface area contributed by atoms with Crippen LogP contribution in [0.3, 0.4) is 0 Å². The second kappa shape index (κ2) is 5.52. The van der Waals surface area contributed by atoms with E-state index in [4.69, 9.17) is 4.99 Å². The van der Waals surface area contributed by atoms with Crippen molar-refractivity contribution >= 4 is 11.4 Å². The second-order valence-electron chi connectivity index (χ2n) is 7.61. The van der Waals surface area contributed by atoms with Crippen molar-refractivity contribution in [3.8, 4) is 5.75 Å². The predicted octanol–water partition coefficient (Wildman–Crippen LogP) is 5.63. The summed E-state index contributed by atoms with van der Waals surface area (Å²) in [6.45, 7) is 11.0. The molecular weight excluding hydrogens is 282 g/mol. The molecule has 0 heterocycles. The molecule has 0 bridgehead atoms. The summed E-state index contributed by atoms with van der Waals surface area (Å²) in [5.74, 6) is 0.759. The molecule has 0 aliphatic heterocycles. The average Bonchev–Trinajstić information content (AvgIpc) is 2.80. The zero-order valence-electron chi connectivity index (χ0n) is 14.6. The lowest BCUT2D eigenvalue weighted by molar-refractivity contribution is 0.468. The van der Waals surface area contributed by atoms with Gasteiger partial charge in [0, 0.05) is 5.56 Å². The monoisotopic (exact) mass is 307 g/mol. The summed E-state index contributed by atoms with van der Waals surface area (Å²) in [4.78, 5) is 4.80. The van der Waals surface area contributed by atoms with E-state index in [1.807, 2.05) is 36.4 Å². The summed E-state index contributed by atoms with van der Waals surface area (Å²) in [7, 11) is 0. The molecule has 3 rings (SSSR count). The lowest BCUT2D eigenvalue weighted by Gasteiger charge is -2.25. The first-order valence-corrected chi connectivity index (χ1v) is 8.29. The Balaban J connectivity index is 2.19. The van der Waals surface area contributed by atoms with Crippen molar-refractivity contribution in [1.82, 2.24) is 0 Å². The fourth-order valence-corrected chi connectivity index (χ4v) is 3.74. The SMILES string of the molecule is Cc1c(C(C)(C)C)cc(O)c2c1C(C)CC2=Nc1ccccc1. The van der Waals surface area contributed by atoms with Gasteiger partial charge in [-0.1, -0.05) is 45.9 Å². The van der Waals surface area contributed by atoms with Crippen molar-refractivity contribution < 1.29 is 5.11 Å². The molecule has 1 aliphatic carbocycles. The van der Waals surface area contributed by atoms with Crippen LogP contribution in [0.25, 0.3) is 0 Å². The fourth-order valence-electron chi connectivity index (χ4n) is 3.74. The highest BCUT2D eigenvalue weighted by Crippen LogP contribution is 2.44. The number of rotatable bonds is 1. The number of phenols is 1. The van der Waals surface area contributed by atoms with Crippen molar-refractivity contribution in [3.63, 3.8) is 0 Å². The van der Waals surface area contributed by atoms with Crippen molar-refractivity contribution in [2.45, 2.75) is 52.4 Å². The first-order valence-electron chi connectivity index (χ1n) is 8.29. The van der Waals surface area contributed by atoms with Crippen LogP contribution >= 0.6 is 0 Å². The van der Waals surface area contributed by atoms with E-state index in [0.29, 0.717) is 11.7 Å². The van der Waals surface area contributed by atoms with Crippen LogP contribution in [-0.2, 0) is 5.41 Å². The Kier molecular flexibility index (Phi) is 3.79. The predicted molar refractivity (Wildman–Crippen MR) is 97.2 cm³/mol. The molecular formula is C21H25NO. The Morgan fingerprint density at radius 3 is 2.39 bits per heavy atom. The Bertz CT molecular complexity index is 767. The zero-order valence-corrected chi connectivity index (χ0v) is 14.6. The van der Waals surface area contributed by atoms with Gasteiger partial charge in [-0.05, 0) is 59.6 Å². The third kappa shape index (κ3) is 2.78. The molecule has 0 spiro atoms. The fraction of sp³-hybridized carbons (Fsp3) is 0.381. The third-order valence-corrected chi connectivity index (χ3v) is 4.72. The van der Waals surface area contributed by atoms with Crippen molar-refractivity contribution in [3.05, 3.63) is 58.7 Å². The number of phenolic OH excluding ortho intramolecular Hbond substituents is 1. The molecule has 1 N–H and O–H groups in total.